The van der Waals surface area contributed by atoms with Crippen LogP contribution < -0.4 is 5.32 Å². The quantitative estimate of drug-likeness (QED) is 0.814. The van der Waals surface area contributed by atoms with Crippen molar-refractivity contribution in [1.29, 1.82) is 0 Å². The zero-order chi connectivity index (χ0) is 11.4. The molecule has 3 nitrogen and oxygen atoms in total. The molecule has 16 heavy (non-hydrogen) atoms. The van der Waals surface area contributed by atoms with Crippen LogP contribution in [0.4, 0.5) is 4.39 Å². The number of aromatic nitrogens is 1. The van der Waals surface area contributed by atoms with Crippen LogP contribution in [-0.4, -0.2) is 10.9 Å². The van der Waals surface area contributed by atoms with Gasteiger partial charge >= 0.3 is 0 Å². The molecular weight excluding hydrogens is 207 g/mol. The van der Waals surface area contributed by atoms with E-state index in [4.69, 9.17) is 0 Å². The fraction of sp³-hybridized carbons (Fsp3) is 0.0833. The maximum absolute atomic E-state index is 12.6. The lowest BCUT2D eigenvalue weighted by Gasteiger charge is -2.03. The average molecular weight is 218 g/mol. The van der Waals surface area contributed by atoms with Gasteiger partial charge in [-0.2, -0.15) is 0 Å². The van der Waals surface area contributed by atoms with Crippen LogP contribution in [0.3, 0.4) is 0 Å². The first-order valence-electron chi connectivity index (χ1n) is 4.91. The van der Waals surface area contributed by atoms with Gasteiger partial charge in [0.05, 0.1) is 5.56 Å². The Morgan fingerprint density at radius 3 is 2.62 bits per heavy atom. The fourth-order valence-electron chi connectivity index (χ4n) is 1.35. The van der Waals surface area contributed by atoms with Crippen molar-refractivity contribution >= 4 is 5.91 Å². The van der Waals surface area contributed by atoms with E-state index >= 15 is 0 Å². The van der Waals surface area contributed by atoms with Crippen LogP contribution in [0, 0.1) is 5.82 Å². The Balaban J connectivity index is 1.93. The number of hydrogen-bond donors (Lipinski definition) is 2. The van der Waals surface area contributed by atoms with E-state index in [9.17, 15) is 9.18 Å². The molecule has 0 aliphatic heterocycles. The summed E-state index contributed by atoms with van der Waals surface area (Å²) < 4.78 is 12.6. The summed E-state index contributed by atoms with van der Waals surface area (Å²) in [6.07, 6.45) is 3.31. The first-order valence-corrected chi connectivity index (χ1v) is 4.91. The van der Waals surface area contributed by atoms with Crippen molar-refractivity contribution in [2.24, 2.45) is 0 Å². The van der Waals surface area contributed by atoms with Gasteiger partial charge in [-0.3, -0.25) is 4.79 Å². The number of halogens is 1. The van der Waals surface area contributed by atoms with Gasteiger partial charge in [0.1, 0.15) is 5.82 Å². The summed E-state index contributed by atoms with van der Waals surface area (Å²) in [7, 11) is 0. The molecule has 0 aliphatic rings. The molecule has 0 saturated carbocycles. The third-order valence-electron chi connectivity index (χ3n) is 2.23. The van der Waals surface area contributed by atoms with Crippen LogP contribution in [0.5, 0.6) is 0 Å². The van der Waals surface area contributed by atoms with E-state index in [1.807, 2.05) is 0 Å². The Labute approximate surface area is 92.3 Å². The van der Waals surface area contributed by atoms with Crippen molar-refractivity contribution < 1.29 is 9.18 Å². The first kappa shape index (κ1) is 10.4. The number of carbonyl (C=O) groups is 1. The minimum absolute atomic E-state index is 0.148. The predicted molar refractivity (Wildman–Crippen MR) is 58.4 cm³/mol. The van der Waals surface area contributed by atoms with E-state index in [1.54, 1.807) is 30.6 Å². The van der Waals surface area contributed by atoms with Crippen molar-refractivity contribution in [2.45, 2.75) is 6.54 Å². The van der Waals surface area contributed by atoms with E-state index in [0.29, 0.717) is 12.1 Å². The Hall–Kier alpha value is -2.10. The standard InChI is InChI=1S/C12H11FN2O/c13-11-3-1-9(2-4-11)7-15-12(16)10-5-6-14-8-10/h1-6,8,14H,7H2,(H,15,16). The van der Waals surface area contributed by atoms with Gasteiger partial charge in [0.25, 0.3) is 5.91 Å². The number of aromatic amines is 1. The number of nitrogens with one attached hydrogen (secondary N) is 2. The molecule has 0 spiro atoms. The molecule has 0 radical (unpaired) electrons. The van der Waals surface area contributed by atoms with E-state index < -0.39 is 0 Å². The molecule has 0 fully saturated rings. The van der Waals surface area contributed by atoms with Crippen molar-refractivity contribution in [3.8, 4) is 0 Å². The van der Waals surface area contributed by atoms with Gasteiger partial charge in [0, 0.05) is 18.9 Å². The SMILES string of the molecule is O=C(NCc1ccc(F)cc1)c1cc[nH]c1. The van der Waals surface area contributed by atoms with Crippen LogP contribution in [-0.2, 0) is 6.54 Å². The molecule has 0 bridgehead atoms. The molecule has 0 unspecified atom stereocenters. The van der Waals surface area contributed by atoms with Crippen molar-refractivity contribution in [2.75, 3.05) is 0 Å². The normalized spacial score (nSPS) is 10.1. The van der Waals surface area contributed by atoms with Gasteiger partial charge in [0.2, 0.25) is 0 Å². The maximum atomic E-state index is 12.6. The minimum atomic E-state index is -0.277. The fourth-order valence-corrected chi connectivity index (χ4v) is 1.35. The lowest BCUT2D eigenvalue weighted by molar-refractivity contribution is 0.0951. The lowest BCUT2D eigenvalue weighted by atomic mass is 10.2. The Morgan fingerprint density at radius 1 is 1.25 bits per heavy atom. The Bertz CT molecular complexity index is 462. The second-order valence-corrected chi connectivity index (χ2v) is 3.41. The molecule has 82 valence electrons. The molecule has 2 N–H and O–H groups in total. The van der Waals surface area contributed by atoms with Gasteiger partial charge in [-0.1, -0.05) is 12.1 Å². The first-order chi connectivity index (χ1) is 7.75. The Kier molecular flexibility index (Phi) is 3.00. The molecule has 0 aliphatic carbocycles. The Morgan fingerprint density at radius 2 is 2.00 bits per heavy atom. The molecular formula is C12H11FN2O. The summed E-state index contributed by atoms with van der Waals surface area (Å²) in [6, 6.07) is 7.73. The molecule has 0 atom stereocenters. The number of rotatable bonds is 3. The highest BCUT2D eigenvalue weighted by molar-refractivity contribution is 5.93. The number of benzene rings is 1. The van der Waals surface area contributed by atoms with Crippen molar-refractivity contribution in [1.82, 2.24) is 10.3 Å². The summed E-state index contributed by atoms with van der Waals surface area (Å²) in [5, 5.41) is 2.74. The van der Waals surface area contributed by atoms with E-state index in [2.05, 4.69) is 10.3 Å². The third kappa shape index (κ3) is 2.48. The van der Waals surface area contributed by atoms with Crippen molar-refractivity contribution in [3.63, 3.8) is 0 Å². The number of H-pyrrole nitrogens is 1. The molecule has 2 rings (SSSR count). The van der Waals surface area contributed by atoms with Crippen LogP contribution in [0.2, 0.25) is 0 Å². The highest BCUT2D eigenvalue weighted by atomic mass is 19.1. The summed E-state index contributed by atoms with van der Waals surface area (Å²) in [4.78, 5) is 14.3. The number of hydrogen-bond acceptors (Lipinski definition) is 1. The highest BCUT2D eigenvalue weighted by Crippen LogP contribution is 2.03. The van der Waals surface area contributed by atoms with E-state index in [0.717, 1.165) is 5.56 Å². The van der Waals surface area contributed by atoms with E-state index in [-0.39, 0.29) is 11.7 Å². The monoisotopic (exact) mass is 218 g/mol. The smallest absolute Gasteiger partial charge is 0.253 e. The molecule has 1 heterocycles. The molecule has 0 saturated heterocycles. The van der Waals surface area contributed by atoms with Crippen LogP contribution in [0.15, 0.2) is 42.7 Å². The average Bonchev–Trinajstić information content (AvgIpc) is 2.81. The lowest BCUT2D eigenvalue weighted by Crippen LogP contribution is -2.22. The topological polar surface area (TPSA) is 44.9 Å². The molecule has 1 aromatic heterocycles. The van der Waals surface area contributed by atoms with Crippen LogP contribution in [0.1, 0.15) is 15.9 Å². The minimum Gasteiger partial charge on any atom is -0.367 e. The molecule has 4 heteroatoms. The summed E-state index contributed by atoms with van der Waals surface area (Å²) in [5.41, 5.74) is 1.45. The second kappa shape index (κ2) is 4.61. The van der Waals surface area contributed by atoms with E-state index in [1.165, 1.54) is 12.1 Å². The second-order valence-electron chi connectivity index (χ2n) is 3.41. The zero-order valence-corrected chi connectivity index (χ0v) is 8.53. The van der Waals surface area contributed by atoms with Crippen LogP contribution >= 0.6 is 0 Å². The van der Waals surface area contributed by atoms with Gasteiger partial charge in [-0.25, -0.2) is 4.39 Å². The molecule has 1 amide bonds. The van der Waals surface area contributed by atoms with Crippen LogP contribution in [0.25, 0.3) is 0 Å². The third-order valence-corrected chi connectivity index (χ3v) is 2.23. The zero-order valence-electron chi connectivity index (χ0n) is 8.53. The maximum Gasteiger partial charge on any atom is 0.253 e. The molecule has 1 aromatic carbocycles. The van der Waals surface area contributed by atoms with Gasteiger partial charge in [-0.05, 0) is 23.8 Å². The molecule has 2 aromatic rings. The van der Waals surface area contributed by atoms with Gasteiger partial charge < -0.3 is 10.3 Å². The van der Waals surface area contributed by atoms with Gasteiger partial charge in [0.15, 0.2) is 0 Å². The summed E-state index contributed by atoms with van der Waals surface area (Å²) in [6.45, 7) is 0.393. The predicted octanol–water partition coefficient (Wildman–Crippen LogP) is 2.08. The largest absolute Gasteiger partial charge is 0.367 e. The number of amides is 1. The summed E-state index contributed by atoms with van der Waals surface area (Å²) >= 11 is 0. The van der Waals surface area contributed by atoms with Crippen molar-refractivity contribution in [3.05, 3.63) is 59.7 Å². The van der Waals surface area contributed by atoms with Gasteiger partial charge in [-0.15, -0.1) is 0 Å². The number of carbonyl (C=O) groups excluding carboxylic acids is 1. The summed E-state index contributed by atoms with van der Waals surface area (Å²) in [5.74, 6) is -0.425. The highest BCUT2D eigenvalue weighted by Gasteiger charge is 2.04.